The highest BCUT2D eigenvalue weighted by atomic mass is 32.2. The zero-order valence-corrected chi connectivity index (χ0v) is 14.5. The van der Waals surface area contributed by atoms with Gasteiger partial charge in [0.05, 0.1) is 4.90 Å². The summed E-state index contributed by atoms with van der Waals surface area (Å²) in [6, 6.07) is 3.17. The Bertz CT molecular complexity index is 664. The van der Waals surface area contributed by atoms with Gasteiger partial charge in [0.15, 0.2) is 0 Å². The van der Waals surface area contributed by atoms with Crippen LogP contribution in [-0.4, -0.2) is 62.9 Å². The molecule has 2 heterocycles. The van der Waals surface area contributed by atoms with Crippen LogP contribution in [0, 0.1) is 19.7 Å². The molecule has 1 aromatic carbocycles. The van der Waals surface area contributed by atoms with Crippen molar-refractivity contribution >= 4 is 10.0 Å². The molecule has 0 bridgehead atoms. The van der Waals surface area contributed by atoms with Gasteiger partial charge in [0.2, 0.25) is 10.0 Å². The van der Waals surface area contributed by atoms with Crippen molar-refractivity contribution in [3.8, 4) is 0 Å². The summed E-state index contributed by atoms with van der Waals surface area (Å²) in [5, 5.41) is 3.31. The van der Waals surface area contributed by atoms with Crippen molar-refractivity contribution in [1.82, 2.24) is 14.5 Å². The van der Waals surface area contributed by atoms with Crippen LogP contribution >= 0.6 is 0 Å². The van der Waals surface area contributed by atoms with Gasteiger partial charge in [-0.3, -0.25) is 4.90 Å². The van der Waals surface area contributed by atoms with Crippen LogP contribution in [-0.2, 0) is 10.0 Å². The number of nitrogens with one attached hydrogen (secondary N) is 1. The van der Waals surface area contributed by atoms with E-state index in [2.05, 4.69) is 10.2 Å². The fourth-order valence-electron chi connectivity index (χ4n) is 3.48. The summed E-state index contributed by atoms with van der Waals surface area (Å²) in [4.78, 5) is 2.57. The standard InChI is InChI=1S/C16H24FN3O2S/c1-12-9-15(10-13(2)16(12)17)23(21,22)20-6-3-14(11-20)19-7-4-18-5-8-19/h9-10,14,18H,3-8,11H2,1-2H3. The molecule has 0 amide bonds. The average Bonchev–Trinajstić information content (AvgIpc) is 3.03. The number of hydrogen-bond acceptors (Lipinski definition) is 4. The van der Waals surface area contributed by atoms with Crippen LogP contribution in [0.25, 0.3) is 0 Å². The first-order valence-corrected chi connectivity index (χ1v) is 9.55. The second kappa shape index (κ2) is 6.47. The van der Waals surface area contributed by atoms with Gasteiger partial charge in [0, 0.05) is 45.3 Å². The molecule has 2 fully saturated rings. The van der Waals surface area contributed by atoms with Crippen molar-refractivity contribution in [1.29, 1.82) is 0 Å². The van der Waals surface area contributed by atoms with Crippen molar-refractivity contribution in [2.24, 2.45) is 0 Å². The second-order valence-corrected chi connectivity index (χ2v) is 8.40. The molecule has 2 aliphatic rings. The normalized spacial score (nSPS) is 24.2. The molecular formula is C16H24FN3O2S. The van der Waals surface area contributed by atoms with Gasteiger partial charge < -0.3 is 5.32 Å². The first kappa shape index (κ1) is 16.8. The third-order valence-corrected chi connectivity index (χ3v) is 6.68. The van der Waals surface area contributed by atoms with E-state index in [1.54, 1.807) is 18.2 Å². The minimum absolute atomic E-state index is 0.204. The van der Waals surface area contributed by atoms with Crippen molar-refractivity contribution in [2.75, 3.05) is 39.3 Å². The number of rotatable bonds is 3. The zero-order chi connectivity index (χ0) is 16.6. The maximum Gasteiger partial charge on any atom is 0.243 e. The molecule has 0 spiro atoms. The van der Waals surface area contributed by atoms with Gasteiger partial charge in [-0.25, -0.2) is 12.8 Å². The third kappa shape index (κ3) is 3.28. The van der Waals surface area contributed by atoms with E-state index in [1.165, 1.54) is 12.1 Å². The van der Waals surface area contributed by atoms with Crippen LogP contribution in [0.15, 0.2) is 17.0 Å². The van der Waals surface area contributed by atoms with E-state index in [-0.39, 0.29) is 16.8 Å². The lowest BCUT2D eigenvalue weighted by molar-refractivity contribution is 0.179. The highest BCUT2D eigenvalue weighted by Crippen LogP contribution is 2.26. The summed E-state index contributed by atoms with van der Waals surface area (Å²) >= 11 is 0. The number of sulfonamides is 1. The SMILES string of the molecule is Cc1cc(S(=O)(=O)N2CCC(N3CCNCC3)C2)cc(C)c1F. The summed E-state index contributed by atoms with van der Waals surface area (Å²) < 4.78 is 41.0. The summed E-state index contributed by atoms with van der Waals surface area (Å²) in [7, 11) is -3.55. The lowest BCUT2D eigenvalue weighted by Gasteiger charge is -2.32. The van der Waals surface area contributed by atoms with E-state index in [4.69, 9.17) is 0 Å². The summed E-state index contributed by atoms with van der Waals surface area (Å²) in [6.45, 7) is 8.12. The Morgan fingerprint density at radius 1 is 1.13 bits per heavy atom. The van der Waals surface area contributed by atoms with Crippen LogP contribution in [0.3, 0.4) is 0 Å². The molecule has 7 heteroatoms. The molecule has 0 aromatic heterocycles. The highest BCUT2D eigenvalue weighted by Gasteiger charge is 2.35. The smallest absolute Gasteiger partial charge is 0.243 e. The maximum atomic E-state index is 13.8. The summed E-state index contributed by atoms with van der Waals surface area (Å²) in [6.07, 6.45) is 0.860. The van der Waals surface area contributed by atoms with Crippen LogP contribution in [0.5, 0.6) is 0 Å². The van der Waals surface area contributed by atoms with Crippen LogP contribution in [0.1, 0.15) is 17.5 Å². The molecule has 0 radical (unpaired) electrons. The number of aryl methyl sites for hydroxylation is 2. The lowest BCUT2D eigenvalue weighted by atomic mass is 10.1. The average molecular weight is 341 g/mol. The van der Waals surface area contributed by atoms with Crippen LogP contribution in [0.2, 0.25) is 0 Å². The fraction of sp³-hybridized carbons (Fsp3) is 0.625. The Morgan fingerprint density at radius 2 is 1.74 bits per heavy atom. The Morgan fingerprint density at radius 3 is 2.35 bits per heavy atom. The second-order valence-electron chi connectivity index (χ2n) is 6.46. The van der Waals surface area contributed by atoms with E-state index < -0.39 is 10.0 Å². The van der Waals surface area contributed by atoms with Gasteiger partial charge in [0.25, 0.3) is 0 Å². The summed E-state index contributed by atoms with van der Waals surface area (Å²) in [5.74, 6) is -0.330. The minimum Gasteiger partial charge on any atom is -0.314 e. The number of piperazine rings is 1. The highest BCUT2D eigenvalue weighted by molar-refractivity contribution is 7.89. The zero-order valence-electron chi connectivity index (χ0n) is 13.7. The predicted molar refractivity (Wildman–Crippen MR) is 87.5 cm³/mol. The van der Waals surface area contributed by atoms with Gasteiger partial charge in [-0.15, -0.1) is 0 Å². The van der Waals surface area contributed by atoms with Gasteiger partial charge in [-0.2, -0.15) is 4.31 Å². The van der Waals surface area contributed by atoms with E-state index in [0.717, 1.165) is 32.6 Å². The van der Waals surface area contributed by atoms with E-state index >= 15 is 0 Å². The quantitative estimate of drug-likeness (QED) is 0.895. The molecule has 3 rings (SSSR count). The predicted octanol–water partition coefficient (Wildman–Crippen LogP) is 1.11. The molecule has 1 unspecified atom stereocenters. The molecule has 1 N–H and O–H groups in total. The molecule has 2 saturated heterocycles. The van der Waals surface area contributed by atoms with Crippen molar-refractivity contribution < 1.29 is 12.8 Å². The number of nitrogens with zero attached hydrogens (tertiary/aromatic N) is 2. The Hall–Kier alpha value is -1.02. The molecule has 5 nitrogen and oxygen atoms in total. The molecular weight excluding hydrogens is 317 g/mol. The first-order chi connectivity index (χ1) is 10.9. The van der Waals surface area contributed by atoms with Gasteiger partial charge in [-0.1, -0.05) is 0 Å². The Kier molecular flexibility index (Phi) is 4.73. The largest absolute Gasteiger partial charge is 0.314 e. The lowest BCUT2D eigenvalue weighted by Crippen LogP contribution is -2.49. The van der Waals surface area contributed by atoms with Gasteiger partial charge in [0.1, 0.15) is 5.82 Å². The Balaban J connectivity index is 1.78. The third-order valence-electron chi connectivity index (χ3n) is 4.84. The van der Waals surface area contributed by atoms with Crippen molar-refractivity contribution in [2.45, 2.75) is 31.2 Å². The van der Waals surface area contributed by atoms with Gasteiger partial charge in [-0.05, 0) is 43.5 Å². The molecule has 0 aliphatic carbocycles. The molecule has 1 atom stereocenters. The summed E-state index contributed by atoms with van der Waals surface area (Å²) in [5.41, 5.74) is 0.753. The monoisotopic (exact) mass is 341 g/mol. The van der Waals surface area contributed by atoms with Crippen LogP contribution in [0.4, 0.5) is 4.39 Å². The van der Waals surface area contributed by atoms with E-state index in [0.29, 0.717) is 24.2 Å². The van der Waals surface area contributed by atoms with Crippen molar-refractivity contribution in [3.05, 3.63) is 29.1 Å². The molecule has 23 heavy (non-hydrogen) atoms. The minimum atomic E-state index is -3.55. The molecule has 1 aromatic rings. The first-order valence-electron chi connectivity index (χ1n) is 8.11. The van der Waals surface area contributed by atoms with Crippen LogP contribution < -0.4 is 5.32 Å². The molecule has 0 saturated carbocycles. The van der Waals surface area contributed by atoms with E-state index in [9.17, 15) is 12.8 Å². The number of halogens is 1. The maximum absolute atomic E-state index is 13.8. The van der Waals surface area contributed by atoms with Crippen molar-refractivity contribution in [3.63, 3.8) is 0 Å². The van der Waals surface area contributed by atoms with E-state index in [1.807, 2.05) is 0 Å². The molecule has 2 aliphatic heterocycles. The number of hydrogen-bond donors (Lipinski definition) is 1. The Labute approximate surface area is 137 Å². The fourth-order valence-corrected chi connectivity index (χ4v) is 5.14. The topological polar surface area (TPSA) is 52.7 Å². The number of benzene rings is 1. The van der Waals surface area contributed by atoms with Gasteiger partial charge >= 0.3 is 0 Å². The molecule has 128 valence electrons.